The third-order valence-electron chi connectivity index (χ3n) is 2.41. The molecule has 0 amide bonds. The predicted molar refractivity (Wildman–Crippen MR) is 58.9 cm³/mol. The number of aliphatic hydroxyl groups is 1. The quantitative estimate of drug-likeness (QED) is 0.843. The molecule has 0 saturated carbocycles. The van der Waals surface area contributed by atoms with E-state index in [1.54, 1.807) is 23.9 Å². The third-order valence-corrected chi connectivity index (χ3v) is 2.41. The molecule has 1 N–H and O–H groups in total. The van der Waals surface area contributed by atoms with Crippen LogP contribution >= 0.6 is 0 Å². The number of halogens is 1. The Bertz CT molecular complexity index is 505. The normalized spacial score (nSPS) is 12.8. The predicted octanol–water partition coefficient (Wildman–Crippen LogP) is 2.37. The molecule has 1 atom stereocenters. The van der Waals surface area contributed by atoms with E-state index in [1.807, 2.05) is 13.0 Å². The number of aryl methyl sites for hydroxylation is 1. The molecule has 0 bridgehead atoms. The first-order chi connectivity index (χ1) is 7.58. The Hall–Kier alpha value is -1.68. The number of aromatic nitrogens is 2. The van der Waals surface area contributed by atoms with Crippen molar-refractivity contribution in [3.8, 4) is 5.69 Å². The Morgan fingerprint density at radius 3 is 2.69 bits per heavy atom. The van der Waals surface area contributed by atoms with Gasteiger partial charge in [-0.1, -0.05) is 0 Å². The van der Waals surface area contributed by atoms with Crippen LogP contribution in [0.15, 0.2) is 30.5 Å². The van der Waals surface area contributed by atoms with Gasteiger partial charge in [0.25, 0.3) is 0 Å². The Balaban J connectivity index is 2.56. The van der Waals surface area contributed by atoms with E-state index >= 15 is 0 Å². The van der Waals surface area contributed by atoms with Crippen molar-refractivity contribution < 1.29 is 9.50 Å². The second-order valence-electron chi connectivity index (χ2n) is 3.78. The van der Waals surface area contributed by atoms with Gasteiger partial charge in [0.15, 0.2) is 0 Å². The van der Waals surface area contributed by atoms with Gasteiger partial charge >= 0.3 is 0 Å². The van der Waals surface area contributed by atoms with E-state index in [-0.39, 0.29) is 5.82 Å². The van der Waals surface area contributed by atoms with Crippen molar-refractivity contribution in [3.05, 3.63) is 47.5 Å². The van der Waals surface area contributed by atoms with E-state index in [9.17, 15) is 9.50 Å². The minimum atomic E-state index is -0.727. The summed E-state index contributed by atoms with van der Waals surface area (Å²) in [5.74, 6) is -0.358. The summed E-state index contributed by atoms with van der Waals surface area (Å²) in [5.41, 5.74) is 2.11. The van der Waals surface area contributed by atoms with Crippen molar-refractivity contribution in [2.24, 2.45) is 0 Å². The van der Waals surface area contributed by atoms with Crippen molar-refractivity contribution in [3.63, 3.8) is 0 Å². The van der Waals surface area contributed by atoms with Crippen LogP contribution in [0.4, 0.5) is 4.39 Å². The maximum absolute atomic E-state index is 13.1. The van der Waals surface area contributed by atoms with Crippen LogP contribution in [0.2, 0.25) is 0 Å². The highest BCUT2D eigenvalue weighted by atomic mass is 19.1. The summed E-state index contributed by atoms with van der Waals surface area (Å²) >= 11 is 0. The van der Waals surface area contributed by atoms with Crippen molar-refractivity contribution >= 4 is 0 Å². The lowest BCUT2D eigenvalue weighted by molar-refractivity contribution is 0.198. The zero-order valence-corrected chi connectivity index (χ0v) is 9.18. The number of nitrogens with zero attached hydrogens (tertiary/aromatic N) is 2. The number of hydrogen-bond donors (Lipinski definition) is 1. The Labute approximate surface area is 93.2 Å². The summed E-state index contributed by atoms with van der Waals surface area (Å²) in [6.45, 7) is 3.48. The van der Waals surface area contributed by atoms with E-state index in [1.165, 1.54) is 12.1 Å². The van der Waals surface area contributed by atoms with Crippen molar-refractivity contribution in [1.29, 1.82) is 0 Å². The van der Waals surface area contributed by atoms with Crippen LogP contribution < -0.4 is 0 Å². The van der Waals surface area contributed by atoms with Gasteiger partial charge in [-0.25, -0.2) is 9.07 Å². The van der Waals surface area contributed by atoms with Gasteiger partial charge in [0.2, 0.25) is 0 Å². The van der Waals surface area contributed by atoms with E-state index < -0.39 is 6.10 Å². The van der Waals surface area contributed by atoms with Crippen molar-refractivity contribution in [1.82, 2.24) is 9.78 Å². The average Bonchev–Trinajstić information content (AvgIpc) is 2.64. The molecule has 2 rings (SSSR count). The van der Waals surface area contributed by atoms with E-state index in [0.29, 0.717) is 11.3 Å². The molecule has 1 aromatic heterocycles. The molecule has 1 aromatic carbocycles. The summed E-state index contributed by atoms with van der Waals surface area (Å²) in [4.78, 5) is 0. The van der Waals surface area contributed by atoms with Crippen molar-refractivity contribution in [2.45, 2.75) is 20.0 Å². The first-order valence-electron chi connectivity index (χ1n) is 5.08. The summed E-state index contributed by atoms with van der Waals surface area (Å²) in [6, 6.07) is 6.16. The molecule has 16 heavy (non-hydrogen) atoms. The van der Waals surface area contributed by atoms with Crippen LogP contribution in [0.25, 0.3) is 5.69 Å². The molecule has 1 heterocycles. The average molecular weight is 220 g/mol. The van der Waals surface area contributed by atoms with Crippen LogP contribution in [0.1, 0.15) is 24.3 Å². The minimum absolute atomic E-state index is 0.358. The fourth-order valence-corrected chi connectivity index (χ4v) is 1.62. The molecular formula is C12H13FN2O. The molecule has 0 saturated heterocycles. The summed E-state index contributed by atoms with van der Waals surface area (Å²) in [5, 5.41) is 13.8. The van der Waals surface area contributed by atoms with Crippen LogP contribution in [0, 0.1) is 12.7 Å². The maximum atomic E-state index is 13.1. The van der Waals surface area contributed by atoms with Gasteiger partial charge in [0.05, 0.1) is 17.5 Å². The van der Waals surface area contributed by atoms with Gasteiger partial charge < -0.3 is 5.11 Å². The van der Waals surface area contributed by atoms with Gasteiger partial charge in [0, 0.05) is 11.8 Å². The molecule has 84 valence electrons. The topological polar surface area (TPSA) is 38.0 Å². The largest absolute Gasteiger partial charge is 0.389 e. The molecule has 0 spiro atoms. The minimum Gasteiger partial charge on any atom is -0.389 e. The van der Waals surface area contributed by atoms with Gasteiger partial charge in [-0.2, -0.15) is 5.10 Å². The Kier molecular flexibility index (Phi) is 2.75. The SMILES string of the molecule is Cc1ccn(-c2ccc(F)cc2[C@H](C)O)n1. The van der Waals surface area contributed by atoms with Gasteiger partial charge in [-0.3, -0.25) is 0 Å². The highest BCUT2D eigenvalue weighted by molar-refractivity contribution is 5.42. The first kappa shape index (κ1) is 10.8. The van der Waals surface area contributed by atoms with E-state index in [0.717, 1.165) is 5.69 Å². The second-order valence-corrected chi connectivity index (χ2v) is 3.78. The lowest BCUT2D eigenvalue weighted by Crippen LogP contribution is -2.04. The monoisotopic (exact) mass is 220 g/mol. The zero-order chi connectivity index (χ0) is 11.7. The molecule has 4 heteroatoms. The smallest absolute Gasteiger partial charge is 0.123 e. The molecule has 3 nitrogen and oxygen atoms in total. The highest BCUT2D eigenvalue weighted by Gasteiger charge is 2.11. The lowest BCUT2D eigenvalue weighted by Gasteiger charge is -2.11. The molecule has 0 aliphatic rings. The molecule has 2 aromatic rings. The molecule has 0 aliphatic carbocycles. The third kappa shape index (κ3) is 1.97. The standard InChI is InChI=1S/C12H13FN2O/c1-8-5-6-15(14-8)12-4-3-10(13)7-11(12)9(2)16/h3-7,9,16H,1-2H3/t9-/m0/s1. The molecule has 0 fully saturated rings. The van der Waals surface area contributed by atoms with E-state index in [4.69, 9.17) is 0 Å². The van der Waals surface area contributed by atoms with Crippen LogP contribution in [0.5, 0.6) is 0 Å². The van der Waals surface area contributed by atoms with Gasteiger partial charge in [0.1, 0.15) is 5.82 Å². The molecule has 0 aliphatic heterocycles. The van der Waals surface area contributed by atoms with Gasteiger partial charge in [-0.05, 0) is 38.1 Å². The second kappa shape index (κ2) is 4.06. The van der Waals surface area contributed by atoms with Crippen LogP contribution in [0.3, 0.4) is 0 Å². The fourth-order valence-electron chi connectivity index (χ4n) is 1.62. The summed E-state index contributed by atoms with van der Waals surface area (Å²) < 4.78 is 14.7. The summed E-state index contributed by atoms with van der Waals surface area (Å²) in [6.07, 6.45) is 1.06. The Morgan fingerprint density at radius 2 is 2.12 bits per heavy atom. The maximum Gasteiger partial charge on any atom is 0.123 e. The van der Waals surface area contributed by atoms with E-state index in [2.05, 4.69) is 5.10 Å². The van der Waals surface area contributed by atoms with Gasteiger partial charge in [-0.15, -0.1) is 0 Å². The summed E-state index contributed by atoms with van der Waals surface area (Å²) in [7, 11) is 0. The molecule has 0 unspecified atom stereocenters. The highest BCUT2D eigenvalue weighted by Crippen LogP contribution is 2.22. The fraction of sp³-hybridized carbons (Fsp3) is 0.250. The lowest BCUT2D eigenvalue weighted by atomic mass is 10.1. The molecular weight excluding hydrogens is 207 g/mol. The zero-order valence-electron chi connectivity index (χ0n) is 9.18. The van der Waals surface area contributed by atoms with Crippen LogP contribution in [-0.4, -0.2) is 14.9 Å². The number of rotatable bonds is 2. The number of hydrogen-bond acceptors (Lipinski definition) is 2. The first-order valence-corrected chi connectivity index (χ1v) is 5.08. The Morgan fingerprint density at radius 1 is 1.38 bits per heavy atom. The number of aliphatic hydroxyl groups excluding tert-OH is 1. The van der Waals surface area contributed by atoms with Crippen molar-refractivity contribution in [2.75, 3.05) is 0 Å². The molecule has 0 radical (unpaired) electrons. The number of benzene rings is 1. The van der Waals surface area contributed by atoms with Crippen LogP contribution in [-0.2, 0) is 0 Å².